The van der Waals surface area contributed by atoms with Crippen molar-refractivity contribution in [1.82, 2.24) is 14.7 Å². The first kappa shape index (κ1) is 25.4. The molecule has 2 unspecified atom stereocenters. The minimum absolute atomic E-state index is 0.0371. The number of nitriles is 1. The Morgan fingerprint density at radius 3 is 2.79 bits per heavy atom. The van der Waals surface area contributed by atoms with Gasteiger partial charge in [0.25, 0.3) is 0 Å². The lowest BCUT2D eigenvalue weighted by Gasteiger charge is -2.34. The van der Waals surface area contributed by atoms with Gasteiger partial charge in [-0.15, -0.1) is 0 Å². The normalized spacial score (nSPS) is 22.4. The number of halogens is 1. The van der Waals surface area contributed by atoms with Gasteiger partial charge in [0.2, 0.25) is 11.8 Å². The molecule has 3 aromatic rings. The Hall–Kier alpha value is -4.23. The van der Waals surface area contributed by atoms with Crippen molar-refractivity contribution < 1.29 is 23.8 Å². The topological polar surface area (TPSA) is 120 Å². The van der Waals surface area contributed by atoms with Gasteiger partial charge >= 0.3 is 0 Å². The van der Waals surface area contributed by atoms with Crippen LogP contribution in [0.3, 0.4) is 0 Å². The lowest BCUT2D eigenvalue weighted by molar-refractivity contribution is -0.138. The number of rotatable bonds is 7. The number of nitrogens with one attached hydrogen (secondary N) is 1. The number of aliphatic hydroxyl groups excluding tert-OH is 1. The van der Waals surface area contributed by atoms with Crippen LogP contribution >= 0.6 is 0 Å². The van der Waals surface area contributed by atoms with E-state index in [-0.39, 0.29) is 48.6 Å². The minimum Gasteiger partial charge on any atom is -0.486 e. The summed E-state index contributed by atoms with van der Waals surface area (Å²) in [6.07, 6.45) is 2.55. The highest BCUT2D eigenvalue weighted by molar-refractivity contribution is 5.95. The molecule has 5 rings (SSSR count). The first-order valence-electron chi connectivity index (χ1n) is 12.5. The van der Waals surface area contributed by atoms with Crippen molar-refractivity contribution in [2.24, 2.45) is 13.0 Å². The van der Waals surface area contributed by atoms with Gasteiger partial charge in [-0.05, 0) is 53.3 Å². The zero-order chi connectivity index (χ0) is 26.8. The lowest BCUT2D eigenvalue weighted by Crippen LogP contribution is -2.50. The average Bonchev–Trinajstić information content (AvgIpc) is 3.62. The van der Waals surface area contributed by atoms with E-state index in [1.54, 1.807) is 29.1 Å². The second-order valence-corrected chi connectivity index (χ2v) is 9.75. The molecule has 2 fully saturated rings. The second-order valence-electron chi connectivity index (χ2n) is 9.75. The molecule has 1 aliphatic carbocycles. The first-order valence-corrected chi connectivity index (χ1v) is 12.5. The van der Waals surface area contributed by atoms with Crippen LogP contribution in [0.2, 0.25) is 0 Å². The number of aromatic nitrogens is 2. The number of hydrogen-bond donors (Lipinski definition) is 2. The van der Waals surface area contributed by atoms with Crippen LogP contribution in [0.5, 0.6) is 5.75 Å². The highest BCUT2D eigenvalue weighted by Gasteiger charge is 2.44. The Kier molecular flexibility index (Phi) is 7.11. The lowest BCUT2D eigenvalue weighted by atomic mass is 10.0. The maximum Gasteiger partial charge on any atom is 0.248 e. The molecule has 9 nitrogen and oxygen atoms in total. The predicted molar refractivity (Wildman–Crippen MR) is 137 cm³/mol. The average molecular weight is 518 g/mol. The van der Waals surface area contributed by atoms with Gasteiger partial charge in [0.05, 0.1) is 18.3 Å². The molecule has 2 amide bonds. The highest BCUT2D eigenvalue weighted by atomic mass is 19.1. The maximum absolute atomic E-state index is 14.7. The largest absolute Gasteiger partial charge is 0.486 e. The summed E-state index contributed by atoms with van der Waals surface area (Å²) in [5.74, 6) is -0.186. The summed E-state index contributed by atoms with van der Waals surface area (Å²) in [6, 6.07) is 14.6. The number of ether oxygens (including phenoxy) is 1. The van der Waals surface area contributed by atoms with Crippen molar-refractivity contribution in [3.63, 3.8) is 0 Å². The minimum atomic E-state index is -1.44. The number of anilines is 1. The van der Waals surface area contributed by atoms with Crippen molar-refractivity contribution in [2.75, 3.05) is 25.0 Å². The monoisotopic (exact) mass is 517 g/mol. The SMILES string of the molecule is Cn1cc(C2CC2C(=O)Nc2cccc(-c3ccc(O[C@H]4CCN(C(=O)CO)C[C@H]4F)c(C#N)c3)c2)cn1. The number of likely N-dealkylation sites (tertiary alicyclic amines) is 1. The Bertz CT molecular complexity index is 1400. The van der Waals surface area contributed by atoms with Crippen molar-refractivity contribution in [3.05, 3.63) is 66.0 Å². The first-order chi connectivity index (χ1) is 18.4. The molecule has 2 aliphatic rings. The van der Waals surface area contributed by atoms with Crippen LogP contribution in [0.15, 0.2) is 54.9 Å². The molecule has 2 aromatic carbocycles. The van der Waals surface area contributed by atoms with Crippen molar-refractivity contribution in [2.45, 2.75) is 31.0 Å². The molecule has 10 heteroatoms. The summed E-state index contributed by atoms with van der Waals surface area (Å²) in [6.45, 7) is -0.547. The summed E-state index contributed by atoms with van der Waals surface area (Å²) in [5.41, 5.74) is 3.55. The molecule has 0 spiro atoms. The number of amides is 2. The fourth-order valence-electron chi connectivity index (χ4n) is 4.90. The quantitative estimate of drug-likeness (QED) is 0.497. The summed E-state index contributed by atoms with van der Waals surface area (Å²) in [7, 11) is 1.85. The van der Waals surface area contributed by atoms with Crippen LogP contribution in [0.4, 0.5) is 10.1 Å². The van der Waals surface area contributed by atoms with Crippen molar-refractivity contribution in [3.8, 4) is 22.9 Å². The molecule has 38 heavy (non-hydrogen) atoms. The third-order valence-corrected chi connectivity index (χ3v) is 7.09. The van der Waals surface area contributed by atoms with E-state index in [0.29, 0.717) is 5.69 Å². The van der Waals surface area contributed by atoms with Crippen LogP contribution < -0.4 is 10.1 Å². The van der Waals surface area contributed by atoms with E-state index in [1.165, 1.54) is 4.90 Å². The van der Waals surface area contributed by atoms with Gasteiger partial charge in [0, 0.05) is 37.8 Å². The number of carbonyl (C=O) groups is 2. The van der Waals surface area contributed by atoms with Gasteiger partial charge in [-0.2, -0.15) is 10.4 Å². The second kappa shape index (κ2) is 10.6. The molecule has 1 saturated heterocycles. The van der Waals surface area contributed by atoms with E-state index in [0.717, 1.165) is 23.1 Å². The smallest absolute Gasteiger partial charge is 0.248 e. The van der Waals surface area contributed by atoms with Crippen LogP contribution in [0, 0.1) is 17.2 Å². The van der Waals surface area contributed by atoms with E-state index < -0.39 is 24.8 Å². The molecule has 1 saturated carbocycles. The molecular weight excluding hydrogens is 489 g/mol. The molecule has 1 aromatic heterocycles. The van der Waals surface area contributed by atoms with E-state index in [9.17, 15) is 19.2 Å². The molecule has 2 heterocycles. The summed E-state index contributed by atoms with van der Waals surface area (Å²) in [5, 5.41) is 25.9. The molecule has 196 valence electrons. The molecule has 4 atom stereocenters. The van der Waals surface area contributed by atoms with E-state index in [2.05, 4.69) is 16.5 Å². The zero-order valence-corrected chi connectivity index (χ0v) is 20.9. The Labute approximate surface area is 219 Å². The zero-order valence-electron chi connectivity index (χ0n) is 20.9. The fraction of sp³-hybridized carbons (Fsp3) is 0.357. The number of alkyl halides is 1. The van der Waals surface area contributed by atoms with Crippen LogP contribution in [0.1, 0.15) is 29.9 Å². The van der Waals surface area contributed by atoms with Crippen molar-refractivity contribution in [1.29, 1.82) is 5.26 Å². The Balaban J connectivity index is 1.25. The number of hydrogen-bond acceptors (Lipinski definition) is 6. The van der Waals surface area contributed by atoms with Gasteiger partial charge < -0.3 is 20.1 Å². The Morgan fingerprint density at radius 1 is 1.26 bits per heavy atom. The maximum atomic E-state index is 14.7. The fourth-order valence-corrected chi connectivity index (χ4v) is 4.90. The highest BCUT2D eigenvalue weighted by Crippen LogP contribution is 2.47. The van der Waals surface area contributed by atoms with E-state index >= 15 is 0 Å². The van der Waals surface area contributed by atoms with Gasteiger partial charge in [0.1, 0.15) is 24.5 Å². The van der Waals surface area contributed by atoms with Crippen LogP contribution in [-0.4, -0.2) is 63.6 Å². The number of nitrogens with zero attached hydrogens (tertiary/aromatic N) is 4. The van der Waals surface area contributed by atoms with Crippen LogP contribution in [-0.2, 0) is 16.6 Å². The summed E-state index contributed by atoms with van der Waals surface area (Å²) < 4.78 is 22.2. The standard InChI is InChI=1S/C28H28FN5O4/c1-33-14-20(13-31-33)22-11-23(22)28(37)32-21-4-2-3-17(10-21)18-5-6-25(19(9-18)12-30)38-26-7-8-34(15-24(26)29)27(36)16-35/h2-6,9-10,13-14,22-24,26,35H,7-8,11,15-16H2,1H3,(H,32,37)/t22?,23?,24-,26+/m1/s1. The van der Waals surface area contributed by atoms with Gasteiger partial charge in [-0.3, -0.25) is 14.3 Å². The number of aliphatic hydroxyl groups is 1. The van der Waals surface area contributed by atoms with E-state index in [4.69, 9.17) is 9.84 Å². The Morgan fingerprint density at radius 2 is 2.08 bits per heavy atom. The number of aryl methyl sites for hydroxylation is 1. The number of benzene rings is 2. The number of carbonyl (C=O) groups excluding carboxylic acids is 2. The predicted octanol–water partition coefficient (Wildman–Crippen LogP) is 3.01. The molecule has 0 radical (unpaired) electrons. The van der Waals surface area contributed by atoms with Crippen LogP contribution in [0.25, 0.3) is 11.1 Å². The number of piperidine rings is 1. The molecule has 1 aliphatic heterocycles. The van der Waals surface area contributed by atoms with Crippen molar-refractivity contribution >= 4 is 17.5 Å². The van der Waals surface area contributed by atoms with E-state index in [1.807, 2.05) is 37.5 Å². The molecule has 2 N–H and O–H groups in total. The molecular formula is C28H28FN5O4. The summed E-state index contributed by atoms with van der Waals surface area (Å²) >= 11 is 0. The van der Waals surface area contributed by atoms with Gasteiger partial charge in [-0.1, -0.05) is 18.2 Å². The van der Waals surface area contributed by atoms with Gasteiger partial charge in [-0.25, -0.2) is 4.39 Å². The third kappa shape index (κ3) is 5.38. The van der Waals surface area contributed by atoms with Gasteiger partial charge in [0.15, 0.2) is 6.17 Å². The third-order valence-electron chi connectivity index (χ3n) is 7.09. The molecule has 0 bridgehead atoms. The summed E-state index contributed by atoms with van der Waals surface area (Å²) in [4.78, 5) is 25.7.